The van der Waals surface area contributed by atoms with Crippen molar-refractivity contribution in [3.63, 3.8) is 0 Å². The number of benzene rings is 1. The summed E-state index contributed by atoms with van der Waals surface area (Å²) in [5.74, 6) is 0.173. The summed E-state index contributed by atoms with van der Waals surface area (Å²) in [6, 6.07) is 6.76. The van der Waals surface area contributed by atoms with Crippen molar-refractivity contribution in [1.82, 2.24) is 9.55 Å². The van der Waals surface area contributed by atoms with Gasteiger partial charge >= 0.3 is 11.9 Å². The minimum Gasteiger partial charge on any atom is -0.283 e. The molecule has 0 amide bonds. The first-order valence-electron chi connectivity index (χ1n) is 7.52. The Morgan fingerprint density at radius 2 is 1.82 bits per heavy atom. The van der Waals surface area contributed by atoms with Crippen LogP contribution >= 0.6 is 0 Å². The van der Waals surface area contributed by atoms with Crippen molar-refractivity contribution in [2.75, 3.05) is 0 Å². The van der Waals surface area contributed by atoms with Gasteiger partial charge in [-0.3, -0.25) is 4.57 Å². The van der Waals surface area contributed by atoms with Gasteiger partial charge in [0.05, 0.1) is 11.2 Å². The second-order valence-electron chi connectivity index (χ2n) is 5.83. The van der Waals surface area contributed by atoms with E-state index in [0.29, 0.717) is 16.6 Å². The molecule has 0 aliphatic heterocycles. The van der Waals surface area contributed by atoms with Gasteiger partial charge in [-0.2, -0.15) is 18.2 Å². The molecule has 0 unspecified atom stereocenters. The summed E-state index contributed by atoms with van der Waals surface area (Å²) < 4.78 is 38.9. The third-order valence-electron chi connectivity index (χ3n) is 4.25. The van der Waals surface area contributed by atoms with Crippen LogP contribution < -0.4 is 5.69 Å². The van der Waals surface area contributed by atoms with E-state index in [4.69, 9.17) is 0 Å². The largest absolute Gasteiger partial charge is 0.406 e. The predicted octanol–water partition coefficient (Wildman–Crippen LogP) is 4.01. The average Bonchev–Trinajstić information content (AvgIpc) is 2.50. The first-order valence-corrected chi connectivity index (χ1v) is 7.52. The van der Waals surface area contributed by atoms with E-state index >= 15 is 0 Å². The highest BCUT2D eigenvalue weighted by atomic mass is 19.4. The third-order valence-corrected chi connectivity index (χ3v) is 4.25. The van der Waals surface area contributed by atoms with Crippen LogP contribution in [0.15, 0.2) is 29.1 Å². The van der Waals surface area contributed by atoms with E-state index in [1.807, 2.05) is 0 Å². The van der Waals surface area contributed by atoms with Gasteiger partial charge < -0.3 is 0 Å². The number of alkyl halides is 3. The Kier molecular flexibility index (Phi) is 3.93. The molecule has 0 radical (unpaired) electrons. The average molecular weight is 310 g/mol. The topological polar surface area (TPSA) is 34.9 Å². The molecule has 0 spiro atoms. The van der Waals surface area contributed by atoms with Crippen LogP contribution in [-0.2, 0) is 6.54 Å². The van der Waals surface area contributed by atoms with Gasteiger partial charge in [-0.25, -0.2) is 4.79 Å². The second kappa shape index (κ2) is 5.74. The lowest BCUT2D eigenvalue weighted by Crippen LogP contribution is -2.31. The molecule has 1 fully saturated rings. The molecule has 118 valence electrons. The normalized spacial score (nSPS) is 17.0. The number of halogens is 3. The Morgan fingerprint density at radius 1 is 1.14 bits per heavy atom. The molecule has 1 heterocycles. The summed E-state index contributed by atoms with van der Waals surface area (Å²) in [7, 11) is 0. The molecule has 3 rings (SSSR count). The summed E-state index contributed by atoms with van der Waals surface area (Å²) in [6.45, 7) is -1.30. The van der Waals surface area contributed by atoms with Gasteiger partial charge in [0.25, 0.3) is 0 Å². The van der Waals surface area contributed by atoms with Crippen molar-refractivity contribution in [2.45, 2.75) is 50.7 Å². The molecule has 22 heavy (non-hydrogen) atoms. The lowest BCUT2D eigenvalue weighted by molar-refractivity contribution is -0.140. The molecular weight excluding hydrogens is 293 g/mol. The molecule has 1 saturated carbocycles. The summed E-state index contributed by atoms with van der Waals surface area (Å²) in [5, 5.41) is 0.665. The smallest absolute Gasteiger partial charge is 0.283 e. The summed E-state index contributed by atoms with van der Waals surface area (Å²) >= 11 is 0. The van der Waals surface area contributed by atoms with Gasteiger partial charge in [-0.15, -0.1) is 0 Å². The van der Waals surface area contributed by atoms with Crippen molar-refractivity contribution in [1.29, 1.82) is 0 Å². The first-order chi connectivity index (χ1) is 10.5. The quantitative estimate of drug-likeness (QED) is 0.840. The minimum absolute atomic E-state index is 0.173. The standard InChI is InChI=1S/C16H17F3N2O/c17-16(18,19)10-21-13-9-5-4-8-12(13)14(20-15(21)22)11-6-2-1-3-7-11/h4-5,8-9,11H,1-3,6-7,10H2. The van der Waals surface area contributed by atoms with Crippen molar-refractivity contribution < 1.29 is 13.2 Å². The zero-order valence-electron chi connectivity index (χ0n) is 12.1. The molecule has 0 atom stereocenters. The van der Waals surface area contributed by atoms with Crippen molar-refractivity contribution in [3.05, 3.63) is 40.4 Å². The highest BCUT2D eigenvalue weighted by molar-refractivity contribution is 5.81. The summed E-state index contributed by atoms with van der Waals surface area (Å²) in [6.07, 6.45) is 0.762. The zero-order chi connectivity index (χ0) is 15.7. The number of fused-ring (bicyclic) bond motifs is 1. The van der Waals surface area contributed by atoms with Crippen LogP contribution in [0.3, 0.4) is 0 Å². The van der Waals surface area contributed by atoms with Crippen molar-refractivity contribution >= 4 is 10.9 Å². The Bertz CT molecular complexity index is 730. The molecule has 1 aliphatic carbocycles. The number of para-hydroxylation sites is 1. The molecule has 3 nitrogen and oxygen atoms in total. The van der Waals surface area contributed by atoms with Gasteiger partial charge in [0, 0.05) is 11.3 Å². The number of aromatic nitrogens is 2. The van der Waals surface area contributed by atoms with Crippen molar-refractivity contribution in [3.8, 4) is 0 Å². The summed E-state index contributed by atoms with van der Waals surface area (Å²) in [4.78, 5) is 16.1. The van der Waals surface area contributed by atoms with Gasteiger partial charge in [0.15, 0.2) is 0 Å². The summed E-state index contributed by atoms with van der Waals surface area (Å²) in [5.41, 5.74) is 0.177. The highest BCUT2D eigenvalue weighted by Gasteiger charge is 2.30. The van der Waals surface area contributed by atoms with Crippen LogP contribution in [0.2, 0.25) is 0 Å². The first kappa shape index (κ1) is 15.1. The number of hydrogen-bond acceptors (Lipinski definition) is 2. The van der Waals surface area contributed by atoms with E-state index in [1.165, 1.54) is 6.42 Å². The third kappa shape index (κ3) is 3.00. The molecule has 1 aromatic carbocycles. The maximum Gasteiger partial charge on any atom is 0.406 e. The maximum absolute atomic E-state index is 12.7. The Morgan fingerprint density at radius 3 is 2.50 bits per heavy atom. The molecule has 1 aromatic heterocycles. The van der Waals surface area contributed by atoms with Gasteiger partial charge in [0.2, 0.25) is 0 Å². The molecule has 6 heteroatoms. The monoisotopic (exact) mass is 310 g/mol. The molecule has 2 aromatic rings. The lowest BCUT2D eigenvalue weighted by atomic mass is 9.85. The van der Waals surface area contributed by atoms with Crippen LogP contribution in [0.5, 0.6) is 0 Å². The van der Waals surface area contributed by atoms with E-state index in [2.05, 4.69) is 4.98 Å². The molecule has 0 bridgehead atoms. The molecular formula is C16H17F3N2O. The molecule has 0 N–H and O–H groups in total. The van der Waals surface area contributed by atoms with Crippen LogP contribution in [-0.4, -0.2) is 15.7 Å². The fraction of sp³-hybridized carbons (Fsp3) is 0.500. The van der Waals surface area contributed by atoms with E-state index in [9.17, 15) is 18.0 Å². The van der Waals surface area contributed by atoms with E-state index in [0.717, 1.165) is 30.3 Å². The SMILES string of the molecule is O=c1nc(C2CCCCC2)c2ccccc2n1CC(F)(F)F. The highest BCUT2D eigenvalue weighted by Crippen LogP contribution is 2.34. The fourth-order valence-corrected chi connectivity index (χ4v) is 3.27. The van der Waals surface area contributed by atoms with Gasteiger partial charge in [-0.05, 0) is 18.9 Å². The van der Waals surface area contributed by atoms with Gasteiger partial charge in [-0.1, -0.05) is 37.5 Å². The van der Waals surface area contributed by atoms with Crippen LogP contribution in [0.4, 0.5) is 13.2 Å². The fourth-order valence-electron chi connectivity index (χ4n) is 3.27. The van der Waals surface area contributed by atoms with Crippen molar-refractivity contribution in [2.24, 2.45) is 0 Å². The second-order valence-corrected chi connectivity index (χ2v) is 5.83. The Labute approximate surface area is 125 Å². The van der Waals surface area contributed by atoms with Gasteiger partial charge in [0.1, 0.15) is 6.54 Å². The minimum atomic E-state index is -4.44. The Hall–Kier alpha value is -1.85. The van der Waals surface area contributed by atoms with Crippen LogP contribution in [0, 0.1) is 0 Å². The number of nitrogens with zero attached hydrogens (tertiary/aromatic N) is 2. The van der Waals surface area contributed by atoms with Crippen LogP contribution in [0.25, 0.3) is 10.9 Å². The zero-order valence-corrected chi connectivity index (χ0v) is 12.1. The van der Waals surface area contributed by atoms with E-state index in [-0.39, 0.29) is 5.92 Å². The number of rotatable bonds is 2. The van der Waals surface area contributed by atoms with E-state index < -0.39 is 18.4 Å². The maximum atomic E-state index is 12.7. The lowest BCUT2D eigenvalue weighted by Gasteiger charge is -2.23. The number of hydrogen-bond donors (Lipinski definition) is 0. The molecule has 0 saturated heterocycles. The Balaban J connectivity index is 2.16. The van der Waals surface area contributed by atoms with Crippen LogP contribution in [0.1, 0.15) is 43.7 Å². The predicted molar refractivity (Wildman–Crippen MR) is 77.9 cm³/mol. The molecule has 1 aliphatic rings. The van der Waals surface area contributed by atoms with E-state index in [1.54, 1.807) is 24.3 Å².